The minimum Gasteiger partial charge on any atom is -0.489 e. The minimum absolute atomic E-state index is 0.0141. The predicted molar refractivity (Wildman–Crippen MR) is 204 cm³/mol. The highest BCUT2D eigenvalue weighted by molar-refractivity contribution is 6.07. The number of benzene rings is 4. The fourth-order valence-electron chi connectivity index (χ4n) is 6.93. The first-order valence-electron chi connectivity index (χ1n) is 18.6. The van der Waals surface area contributed by atoms with Gasteiger partial charge in [0.05, 0.1) is 69.1 Å². The molecule has 7 rings (SSSR count). The van der Waals surface area contributed by atoms with Gasteiger partial charge in [-0.15, -0.1) is 0 Å². The topological polar surface area (TPSA) is 184 Å². The standard InChI is InChI=1S/C42H38F2N2O14/c1-23(47)57-36-20-34-29(18-31(36)43)42(30-19-32(44)37(58-24(2)48)21-35(30)59-34)28-6-4-25(16-27(28)41(51)60-42)40(50)45-26-5-7-33-38(17-26)56-15-14-55-13-12-54-11-10-53-9-8-46(33)22-39(49)52-3/h4-7,16-21H,8-15,22H2,1-3H3,(H,45,50). The number of nitrogens with one attached hydrogen (secondary N) is 1. The minimum atomic E-state index is -2.03. The van der Waals surface area contributed by atoms with Gasteiger partial charge >= 0.3 is 23.9 Å². The third kappa shape index (κ3) is 8.56. The van der Waals surface area contributed by atoms with Crippen LogP contribution in [0.5, 0.6) is 28.7 Å². The number of hydrogen-bond acceptors (Lipinski definition) is 15. The molecule has 0 radical (unpaired) electrons. The van der Waals surface area contributed by atoms with E-state index in [1.54, 1.807) is 23.1 Å². The van der Waals surface area contributed by atoms with Crippen molar-refractivity contribution in [3.05, 3.63) is 100 Å². The molecule has 4 aromatic rings. The number of esters is 4. The summed E-state index contributed by atoms with van der Waals surface area (Å²) in [5, 5.41) is 2.80. The van der Waals surface area contributed by atoms with E-state index in [1.807, 2.05) is 0 Å². The summed E-state index contributed by atoms with van der Waals surface area (Å²) in [6, 6.07) is 13.0. The van der Waals surface area contributed by atoms with Gasteiger partial charge < -0.3 is 52.8 Å². The number of ether oxygens (including phenoxy) is 9. The van der Waals surface area contributed by atoms with Crippen LogP contribution in [0.1, 0.15) is 51.3 Å². The number of rotatable bonds is 6. The van der Waals surface area contributed by atoms with Gasteiger partial charge in [0.1, 0.15) is 30.4 Å². The summed E-state index contributed by atoms with van der Waals surface area (Å²) in [4.78, 5) is 65.2. The van der Waals surface area contributed by atoms with Gasteiger partial charge in [-0.05, 0) is 36.4 Å². The van der Waals surface area contributed by atoms with Gasteiger partial charge in [-0.25, -0.2) is 13.6 Å². The van der Waals surface area contributed by atoms with Crippen LogP contribution in [0.25, 0.3) is 0 Å². The highest BCUT2D eigenvalue weighted by Gasteiger charge is 2.54. The molecule has 3 aliphatic rings. The lowest BCUT2D eigenvalue weighted by atomic mass is 9.77. The van der Waals surface area contributed by atoms with Crippen molar-refractivity contribution in [2.45, 2.75) is 19.4 Å². The molecule has 16 nitrogen and oxygen atoms in total. The maximum Gasteiger partial charge on any atom is 0.340 e. The molecule has 3 heterocycles. The van der Waals surface area contributed by atoms with E-state index in [0.29, 0.717) is 50.1 Å². The number of carbonyl (C=O) groups is 5. The third-order valence-corrected chi connectivity index (χ3v) is 9.52. The van der Waals surface area contributed by atoms with Gasteiger partial charge in [0.15, 0.2) is 28.7 Å². The summed E-state index contributed by atoms with van der Waals surface area (Å²) in [6.45, 7) is 4.35. The van der Waals surface area contributed by atoms with Crippen LogP contribution in [-0.4, -0.2) is 96.2 Å². The molecule has 0 saturated carbocycles. The van der Waals surface area contributed by atoms with Crippen molar-refractivity contribution in [1.82, 2.24) is 0 Å². The Kier molecular flexibility index (Phi) is 12.2. The Bertz CT molecular complexity index is 2300. The number of carbonyl (C=O) groups excluding carboxylic acids is 5. The molecule has 1 N–H and O–H groups in total. The van der Waals surface area contributed by atoms with Gasteiger partial charge in [0.25, 0.3) is 5.91 Å². The summed E-state index contributed by atoms with van der Waals surface area (Å²) in [5.41, 5.74) is -1.38. The highest BCUT2D eigenvalue weighted by atomic mass is 19.1. The summed E-state index contributed by atoms with van der Waals surface area (Å²) < 4.78 is 80.9. The zero-order valence-corrected chi connectivity index (χ0v) is 32.6. The Hall–Kier alpha value is -6.63. The average molecular weight is 833 g/mol. The van der Waals surface area contributed by atoms with Crippen LogP contribution < -0.4 is 29.2 Å². The van der Waals surface area contributed by atoms with Gasteiger partial charge in [-0.2, -0.15) is 0 Å². The smallest absolute Gasteiger partial charge is 0.340 e. The first-order chi connectivity index (χ1) is 28.9. The molecule has 0 unspecified atom stereocenters. The molecule has 0 aromatic heterocycles. The molecular formula is C42H38F2N2O14. The van der Waals surface area contributed by atoms with Crippen molar-refractivity contribution in [1.29, 1.82) is 0 Å². The summed E-state index contributed by atoms with van der Waals surface area (Å²) in [6.07, 6.45) is 0. The molecule has 0 atom stereocenters. The Balaban J connectivity index is 1.23. The van der Waals surface area contributed by atoms with Crippen molar-refractivity contribution in [3.63, 3.8) is 0 Å². The van der Waals surface area contributed by atoms with Crippen LogP contribution in [0.15, 0.2) is 60.7 Å². The van der Waals surface area contributed by atoms with Gasteiger partial charge in [-0.3, -0.25) is 19.2 Å². The van der Waals surface area contributed by atoms with E-state index in [1.165, 1.54) is 25.3 Å². The summed E-state index contributed by atoms with van der Waals surface area (Å²) in [5.74, 6) is -6.69. The second-order valence-electron chi connectivity index (χ2n) is 13.5. The van der Waals surface area contributed by atoms with E-state index in [-0.39, 0.29) is 65.7 Å². The number of anilines is 2. The second-order valence-corrected chi connectivity index (χ2v) is 13.5. The van der Waals surface area contributed by atoms with Crippen molar-refractivity contribution >= 4 is 41.2 Å². The van der Waals surface area contributed by atoms with E-state index in [2.05, 4.69) is 5.32 Å². The lowest BCUT2D eigenvalue weighted by molar-refractivity contribution is -0.139. The maximum absolute atomic E-state index is 15.5. The van der Waals surface area contributed by atoms with Gasteiger partial charge in [0.2, 0.25) is 0 Å². The van der Waals surface area contributed by atoms with Gasteiger partial charge in [-0.1, -0.05) is 6.07 Å². The predicted octanol–water partition coefficient (Wildman–Crippen LogP) is 5.06. The number of nitrogens with zero attached hydrogens (tertiary/aromatic N) is 1. The first kappa shape index (κ1) is 41.5. The summed E-state index contributed by atoms with van der Waals surface area (Å²) in [7, 11) is 1.28. The van der Waals surface area contributed by atoms with Crippen LogP contribution >= 0.6 is 0 Å². The van der Waals surface area contributed by atoms with E-state index in [9.17, 15) is 24.0 Å². The fourth-order valence-corrected chi connectivity index (χ4v) is 6.93. The lowest BCUT2D eigenvalue weighted by Crippen LogP contribution is -2.34. The number of hydrogen-bond donors (Lipinski definition) is 1. The molecule has 4 aromatic carbocycles. The van der Waals surface area contributed by atoms with Crippen LogP contribution in [-0.2, 0) is 43.7 Å². The summed E-state index contributed by atoms with van der Waals surface area (Å²) >= 11 is 0. The molecule has 314 valence electrons. The normalized spacial score (nSPS) is 15.9. The van der Waals surface area contributed by atoms with E-state index >= 15 is 8.78 Å². The highest BCUT2D eigenvalue weighted by Crippen LogP contribution is 2.58. The molecule has 0 aliphatic carbocycles. The number of halogens is 2. The largest absolute Gasteiger partial charge is 0.489 e. The lowest BCUT2D eigenvalue weighted by Gasteiger charge is -2.36. The molecule has 18 heteroatoms. The van der Waals surface area contributed by atoms with Crippen molar-refractivity contribution in [2.75, 3.05) is 76.7 Å². The van der Waals surface area contributed by atoms with Crippen LogP contribution in [0, 0.1) is 11.6 Å². The molecule has 0 saturated heterocycles. The third-order valence-electron chi connectivity index (χ3n) is 9.52. The number of fused-ring (bicyclic) bond motifs is 7. The van der Waals surface area contributed by atoms with Gasteiger partial charge in [0, 0.05) is 55.4 Å². The molecule has 3 aliphatic heterocycles. The number of methoxy groups -OCH3 is 1. The number of amides is 1. The monoisotopic (exact) mass is 832 g/mol. The van der Waals surface area contributed by atoms with E-state index < -0.39 is 58.5 Å². The van der Waals surface area contributed by atoms with E-state index in [4.69, 9.17) is 42.6 Å². The van der Waals surface area contributed by atoms with E-state index in [0.717, 1.165) is 38.1 Å². The van der Waals surface area contributed by atoms with Crippen LogP contribution in [0.3, 0.4) is 0 Å². The second kappa shape index (κ2) is 17.7. The van der Waals surface area contributed by atoms with Crippen LogP contribution in [0.4, 0.5) is 20.2 Å². The average Bonchev–Trinajstić information content (AvgIpc) is 3.49. The Morgan fingerprint density at radius 1 is 0.733 bits per heavy atom. The molecule has 1 amide bonds. The Morgan fingerprint density at radius 3 is 1.93 bits per heavy atom. The van der Waals surface area contributed by atoms with Crippen LogP contribution in [0.2, 0.25) is 0 Å². The molecule has 1 spiro atoms. The SMILES string of the molecule is COC(=O)CN1CCOCCOCCOCCOc2cc(NC(=O)c3ccc4c(c3)C(=O)OC43c4cc(F)c(OC(C)=O)cc4Oc4cc(OC(C)=O)c(F)cc43)ccc21. The zero-order chi connectivity index (χ0) is 42.6. The zero-order valence-electron chi connectivity index (χ0n) is 32.6. The maximum atomic E-state index is 15.5. The quantitative estimate of drug-likeness (QED) is 0.201. The molecule has 60 heavy (non-hydrogen) atoms. The van der Waals surface area contributed by atoms with Crippen molar-refractivity contribution < 1.29 is 75.4 Å². The fraction of sp³-hybridized carbons (Fsp3) is 0.310. The molecule has 0 bridgehead atoms. The first-order valence-corrected chi connectivity index (χ1v) is 18.6. The van der Waals surface area contributed by atoms with Crippen molar-refractivity contribution in [3.8, 4) is 28.7 Å². The van der Waals surface area contributed by atoms with Crippen molar-refractivity contribution in [2.24, 2.45) is 0 Å². The molecule has 0 fully saturated rings. The Morgan fingerprint density at radius 2 is 1.33 bits per heavy atom. The Labute approximate surface area is 341 Å². The molecular weight excluding hydrogens is 794 g/mol.